The van der Waals surface area contributed by atoms with Crippen molar-refractivity contribution in [2.45, 2.75) is 19.4 Å². The van der Waals surface area contributed by atoms with Crippen molar-refractivity contribution >= 4 is 11.9 Å². The van der Waals surface area contributed by atoms with Crippen LogP contribution in [0.1, 0.15) is 33.9 Å². The fourth-order valence-corrected chi connectivity index (χ4v) is 2.86. The smallest absolute Gasteiger partial charge is 0.255 e. The first-order chi connectivity index (χ1) is 13.1. The Labute approximate surface area is 158 Å². The number of benzene rings is 2. The van der Waals surface area contributed by atoms with E-state index in [1.807, 2.05) is 61.5 Å². The monoisotopic (exact) mass is 362 g/mol. The summed E-state index contributed by atoms with van der Waals surface area (Å²) in [6.45, 7) is 1.96. The van der Waals surface area contributed by atoms with Crippen LogP contribution >= 0.6 is 0 Å². The molecule has 6 nitrogen and oxygen atoms in total. The van der Waals surface area contributed by atoms with Crippen LogP contribution in [-0.2, 0) is 0 Å². The van der Waals surface area contributed by atoms with Crippen LogP contribution in [-0.4, -0.2) is 27.6 Å². The zero-order valence-corrected chi connectivity index (χ0v) is 15.1. The molecule has 0 aliphatic heterocycles. The van der Waals surface area contributed by atoms with Crippen LogP contribution in [0.2, 0.25) is 0 Å². The predicted octanol–water partition coefficient (Wildman–Crippen LogP) is 2.89. The van der Waals surface area contributed by atoms with E-state index in [1.165, 1.54) is 6.20 Å². The van der Waals surface area contributed by atoms with Gasteiger partial charge in [-0.3, -0.25) is 4.79 Å². The van der Waals surface area contributed by atoms with Gasteiger partial charge in [0.25, 0.3) is 5.91 Å². The topological polar surface area (TPSA) is 101 Å². The highest BCUT2D eigenvalue weighted by Gasteiger charge is 2.20. The summed E-state index contributed by atoms with van der Waals surface area (Å²) in [6.07, 6.45) is 1.84. The van der Waals surface area contributed by atoms with E-state index < -0.39 is 0 Å². The lowest BCUT2D eigenvalue weighted by Crippen LogP contribution is -2.30. The molecular weight excluding hydrogens is 340 g/mol. The largest absolute Gasteiger partial charge is 0.396 e. The fraction of sp³-hybridized carbons (Fsp3) is 0.190. The Morgan fingerprint density at radius 2 is 1.85 bits per heavy atom. The van der Waals surface area contributed by atoms with E-state index in [0.717, 1.165) is 16.7 Å². The van der Waals surface area contributed by atoms with Gasteiger partial charge in [-0.05, 0) is 18.9 Å². The number of rotatable bonds is 6. The molecule has 1 amide bonds. The number of carbonyl (C=O) groups excluding carboxylic acids is 1. The molecule has 1 atom stereocenters. The maximum Gasteiger partial charge on any atom is 0.255 e. The highest BCUT2D eigenvalue weighted by molar-refractivity contribution is 6.00. The van der Waals surface area contributed by atoms with Gasteiger partial charge in [0.1, 0.15) is 0 Å². The van der Waals surface area contributed by atoms with E-state index in [4.69, 9.17) is 5.73 Å². The highest BCUT2D eigenvalue weighted by Crippen LogP contribution is 2.23. The number of aliphatic hydroxyl groups excluding tert-OH is 1. The maximum atomic E-state index is 13.0. The van der Waals surface area contributed by atoms with Crippen LogP contribution in [0.5, 0.6) is 0 Å². The fourth-order valence-electron chi connectivity index (χ4n) is 2.86. The van der Waals surface area contributed by atoms with Crippen molar-refractivity contribution < 1.29 is 9.90 Å². The molecule has 1 aromatic heterocycles. The Morgan fingerprint density at radius 3 is 2.52 bits per heavy atom. The van der Waals surface area contributed by atoms with Gasteiger partial charge in [-0.15, -0.1) is 0 Å². The van der Waals surface area contributed by atoms with Crippen LogP contribution in [0, 0.1) is 6.92 Å². The quantitative estimate of drug-likeness (QED) is 0.626. The molecule has 0 bridgehead atoms. The first-order valence-corrected chi connectivity index (χ1v) is 8.74. The van der Waals surface area contributed by atoms with E-state index >= 15 is 0 Å². The van der Waals surface area contributed by atoms with Crippen LogP contribution in [0.4, 0.5) is 5.95 Å². The molecule has 3 aromatic rings. The summed E-state index contributed by atoms with van der Waals surface area (Å²) in [5, 5.41) is 12.4. The minimum atomic E-state index is -0.315. The molecule has 0 spiro atoms. The predicted molar refractivity (Wildman–Crippen MR) is 105 cm³/mol. The molecule has 0 aliphatic rings. The van der Waals surface area contributed by atoms with E-state index in [2.05, 4.69) is 15.3 Å². The van der Waals surface area contributed by atoms with Crippen LogP contribution < -0.4 is 11.1 Å². The number of nitrogens with two attached hydrogens (primary N) is 1. The summed E-state index contributed by atoms with van der Waals surface area (Å²) >= 11 is 0. The number of amides is 1. The second-order valence-corrected chi connectivity index (χ2v) is 6.31. The van der Waals surface area contributed by atoms with E-state index in [1.54, 1.807) is 0 Å². The Kier molecular flexibility index (Phi) is 5.78. The lowest BCUT2D eigenvalue weighted by atomic mass is 10.0. The zero-order chi connectivity index (χ0) is 19.2. The average molecular weight is 362 g/mol. The zero-order valence-electron chi connectivity index (χ0n) is 15.1. The molecule has 0 saturated heterocycles. The number of nitrogens with one attached hydrogen (secondary N) is 1. The molecule has 138 valence electrons. The van der Waals surface area contributed by atoms with Crippen LogP contribution in [0.15, 0.2) is 60.8 Å². The minimum Gasteiger partial charge on any atom is -0.396 e. The number of aryl methyl sites for hydroxylation is 1. The van der Waals surface area contributed by atoms with Crippen molar-refractivity contribution in [2.75, 3.05) is 12.3 Å². The van der Waals surface area contributed by atoms with E-state index in [-0.39, 0.29) is 24.5 Å². The SMILES string of the molecule is Cc1ccc(C(CCO)NC(=O)c2cnc(N)nc2-c2ccccc2)cc1. The molecule has 6 heteroatoms. The lowest BCUT2D eigenvalue weighted by Gasteiger charge is -2.19. The Balaban J connectivity index is 1.91. The molecule has 0 aliphatic carbocycles. The molecule has 27 heavy (non-hydrogen) atoms. The van der Waals surface area contributed by atoms with Gasteiger partial charge in [-0.2, -0.15) is 0 Å². The van der Waals surface area contributed by atoms with Gasteiger partial charge in [-0.25, -0.2) is 9.97 Å². The summed E-state index contributed by atoms with van der Waals surface area (Å²) in [5.41, 5.74) is 9.39. The highest BCUT2D eigenvalue weighted by atomic mass is 16.3. The number of anilines is 1. The van der Waals surface area contributed by atoms with E-state index in [9.17, 15) is 9.90 Å². The van der Waals surface area contributed by atoms with E-state index in [0.29, 0.717) is 17.7 Å². The Bertz CT molecular complexity index is 911. The van der Waals surface area contributed by atoms with Gasteiger partial charge in [0.15, 0.2) is 0 Å². The molecule has 1 unspecified atom stereocenters. The minimum absolute atomic E-state index is 0.0391. The average Bonchev–Trinajstić information content (AvgIpc) is 2.69. The van der Waals surface area contributed by atoms with Gasteiger partial charge in [0, 0.05) is 18.4 Å². The van der Waals surface area contributed by atoms with Crippen molar-refractivity contribution in [3.8, 4) is 11.3 Å². The second-order valence-electron chi connectivity index (χ2n) is 6.31. The third kappa shape index (κ3) is 4.48. The van der Waals surface area contributed by atoms with Gasteiger partial charge >= 0.3 is 0 Å². The molecule has 0 radical (unpaired) electrons. The normalized spacial score (nSPS) is 11.8. The van der Waals surface area contributed by atoms with Crippen molar-refractivity contribution in [1.82, 2.24) is 15.3 Å². The first kappa shape index (κ1) is 18.5. The van der Waals surface area contributed by atoms with Crippen LogP contribution in [0.3, 0.4) is 0 Å². The van der Waals surface area contributed by atoms with Crippen LogP contribution in [0.25, 0.3) is 11.3 Å². The van der Waals surface area contributed by atoms with Gasteiger partial charge < -0.3 is 16.2 Å². The molecule has 2 aromatic carbocycles. The summed E-state index contributed by atoms with van der Waals surface area (Å²) in [6, 6.07) is 16.9. The van der Waals surface area contributed by atoms with Crippen molar-refractivity contribution in [3.63, 3.8) is 0 Å². The molecule has 3 rings (SSSR count). The third-order valence-corrected chi connectivity index (χ3v) is 4.30. The summed E-state index contributed by atoms with van der Waals surface area (Å²) in [5.74, 6) is -0.205. The van der Waals surface area contributed by atoms with Crippen molar-refractivity contribution in [1.29, 1.82) is 0 Å². The van der Waals surface area contributed by atoms with Gasteiger partial charge in [-0.1, -0.05) is 60.2 Å². The number of hydrogen-bond acceptors (Lipinski definition) is 5. The number of carbonyl (C=O) groups is 1. The Morgan fingerprint density at radius 1 is 1.15 bits per heavy atom. The molecule has 0 saturated carbocycles. The van der Waals surface area contributed by atoms with Crippen molar-refractivity contribution in [2.24, 2.45) is 0 Å². The van der Waals surface area contributed by atoms with Crippen molar-refractivity contribution in [3.05, 3.63) is 77.5 Å². The molecule has 4 N–H and O–H groups in total. The first-order valence-electron chi connectivity index (χ1n) is 8.74. The number of aromatic nitrogens is 2. The molecule has 0 fully saturated rings. The third-order valence-electron chi connectivity index (χ3n) is 4.30. The molecular formula is C21H22N4O2. The van der Waals surface area contributed by atoms with Gasteiger partial charge in [0.05, 0.1) is 17.3 Å². The lowest BCUT2D eigenvalue weighted by molar-refractivity contribution is 0.0930. The number of nitrogen functional groups attached to an aromatic ring is 1. The number of nitrogens with zero attached hydrogens (tertiary/aromatic N) is 2. The number of aliphatic hydroxyl groups is 1. The summed E-state index contributed by atoms with van der Waals surface area (Å²) in [7, 11) is 0. The summed E-state index contributed by atoms with van der Waals surface area (Å²) < 4.78 is 0. The molecule has 1 heterocycles. The Hall–Kier alpha value is -3.25. The maximum absolute atomic E-state index is 13.0. The van der Waals surface area contributed by atoms with Gasteiger partial charge in [0.2, 0.25) is 5.95 Å². The number of hydrogen-bond donors (Lipinski definition) is 3. The summed E-state index contributed by atoms with van der Waals surface area (Å²) in [4.78, 5) is 21.2. The second kappa shape index (κ2) is 8.42. The standard InChI is InChI=1S/C21H22N4O2/c1-14-7-9-15(10-8-14)18(11-12-26)24-20(27)17-13-23-21(22)25-19(17)16-5-3-2-4-6-16/h2-10,13,18,26H,11-12H2,1H3,(H,24,27)(H2,22,23,25).